The molecule has 0 aromatic rings. The zero-order valence-corrected chi connectivity index (χ0v) is 7.76. The number of thioether (sulfide) groups is 1. The van der Waals surface area contributed by atoms with E-state index in [0.29, 0.717) is 17.2 Å². The van der Waals surface area contributed by atoms with Gasteiger partial charge in [0.05, 0.1) is 15.5 Å². The first-order chi connectivity index (χ1) is 4.88. The maximum absolute atomic E-state index is 10.5. The van der Waals surface area contributed by atoms with E-state index in [4.69, 9.17) is 0 Å². The second-order valence-corrected chi connectivity index (χ2v) is 4.30. The summed E-state index contributed by atoms with van der Waals surface area (Å²) in [5.74, 6) is 0.623. The zero-order chi connectivity index (χ0) is 7.40. The van der Waals surface area contributed by atoms with Gasteiger partial charge in [-0.15, -0.1) is 11.8 Å². The van der Waals surface area contributed by atoms with Crippen molar-refractivity contribution in [3.63, 3.8) is 0 Å². The molecule has 0 N–H and O–H groups in total. The summed E-state index contributed by atoms with van der Waals surface area (Å²) in [6, 6.07) is 0. The number of rotatable bonds is 1. The molecule has 0 unspecified atom stereocenters. The van der Waals surface area contributed by atoms with Gasteiger partial charge in [-0.1, -0.05) is 12.8 Å². The Balaban J connectivity index is 2.53. The Kier molecular flexibility index (Phi) is 3.49. The van der Waals surface area contributed by atoms with Crippen LogP contribution in [0, 0.1) is 5.92 Å². The molecule has 0 aromatic carbocycles. The zero-order valence-electron chi connectivity index (χ0n) is 6.13. The fraction of sp³-hybridized carbons (Fsp3) is 0.857. The van der Waals surface area contributed by atoms with E-state index in [0.717, 1.165) is 4.20 Å². The molecule has 1 fully saturated rings. The van der Waals surface area contributed by atoms with Crippen molar-refractivity contribution in [2.75, 3.05) is 6.26 Å². The van der Waals surface area contributed by atoms with Gasteiger partial charge in [-0.2, -0.15) is 0 Å². The molecule has 0 atom stereocenters. The first kappa shape index (κ1) is 8.34. The van der Waals surface area contributed by atoms with Crippen molar-refractivity contribution in [1.82, 2.24) is 0 Å². The van der Waals surface area contributed by atoms with E-state index >= 15 is 0 Å². The van der Waals surface area contributed by atoms with Crippen LogP contribution in [0.4, 0.5) is 0 Å². The maximum atomic E-state index is 10.5. The molecule has 10 heavy (non-hydrogen) atoms. The van der Waals surface area contributed by atoms with Gasteiger partial charge in [0.15, 0.2) is 0 Å². The highest BCUT2D eigenvalue weighted by molar-refractivity contribution is 8.20. The molecule has 3 heteroatoms. The fourth-order valence-electron chi connectivity index (χ4n) is 1.43. The molecule has 0 aromatic heterocycles. The lowest BCUT2D eigenvalue weighted by atomic mass is 10.1. The number of hydrogen-bond donors (Lipinski definition) is 0. The first-order valence-electron chi connectivity index (χ1n) is 3.59. The molecule has 1 nitrogen and oxygen atoms in total. The topological polar surface area (TPSA) is 17.1 Å². The fourth-order valence-corrected chi connectivity index (χ4v) is 2.64. The summed E-state index contributed by atoms with van der Waals surface area (Å²) in [5.41, 5.74) is 0. The van der Waals surface area contributed by atoms with E-state index in [-0.39, 0.29) is 0 Å². The van der Waals surface area contributed by atoms with Crippen LogP contribution in [0.25, 0.3) is 0 Å². The monoisotopic (exact) mass is 176 g/mol. The van der Waals surface area contributed by atoms with Crippen LogP contribution < -0.4 is 0 Å². The average molecular weight is 176 g/mol. The predicted octanol–water partition coefficient (Wildman–Crippen LogP) is 1.88. The molecular weight excluding hydrogens is 164 g/mol. The molecule has 1 rings (SSSR count). The van der Waals surface area contributed by atoms with Crippen LogP contribution in [0.5, 0.6) is 0 Å². The van der Waals surface area contributed by atoms with Crippen molar-refractivity contribution in [3.8, 4) is 0 Å². The molecule has 0 bridgehead atoms. The molecule has 0 radical (unpaired) electrons. The van der Waals surface area contributed by atoms with Crippen LogP contribution in [0.15, 0.2) is 0 Å². The summed E-state index contributed by atoms with van der Waals surface area (Å²) >= 11 is 2.33. The van der Waals surface area contributed by atoms with Gasteiger partial charge in [0.25, 0.3) is 0 Å². The van der Waals surface area contributed by atoms with E-state index in [1.165, 1.54) is 25.7 Å². The van der Waals surface area contributed by atoms with Crippen molar-refractivity contribution < 1.29 is 4.21 Å². The second-order valence-electron chi connectivity index (χ2n) is 2.59. The minimum absolute atomic E-state index is 0.623. The smallest absolute Gasteiger partial charge is 0.0993 e. The van der Waals surface area contributed by atoms with Gasteiger partial charge in [-0.3, -0.25) is 0 Å². The Hall–Kier alpha value is 0.240. The molecule has 0 saturated heterocycles. The summed E-state index contributed by atoms with van der Waals surface area (Å²) in [6.07, 6.45) is 7.11. The lowest BCUT2D eigenvalue weighted by molar-refractivity contribution is 0.698. The van der Waals surface area contributed by atoms with Gasteiger partial charge in [0, 0.05) is 5.92 Å². The lowest BCUT2D eigenvalue weighted by Crippen LogP contribution is -2.05. The van der Waals surface area contributed by atoms with E-state index < -0.39 is 0 Å². The molecule has 0 aliphatic heterocycles. The van der Waals surface area contributed by atoms with E-state index in [1.807, 2.05) is 6.26 Å². The van der Waals surface area contributed by atoms with Crippen molar-refractivity contribution in [3.05, 3.63) is 0 Å². The molecule has 1 aliphatic rings. The molecule has 0 heterocycles. The Labute approximate surface area is 69.7 Å². The van der Waals surface area contributed by atoms with Crippen LogP contribution in [0.1, 0.15) is 25.7 Å². The largest absolute Gasteiger partial charge is 0.212 e. The third-order valence-electron chi connectivity index (χ3n) is 1.97. The summed E-state index contributed by atoms with van der Waals surface area (Å²) in [4.78, 5) is 0. The molecule has 58 valence electrons. The van der Waals surface area contributed by atoms with Gasteiger partial charge < -0.3 is 0 Å². The van der Waals surface area contributed by atoms with Crippen LogP contribution in [0.3, 0.4) is 0 Å². The Bertz CT molecular complexity index is 155. The average Bonchev–Trinajstić information content (AvgIpc) is 2.43. The third kappa shape index (κ3) is 1.86. The molecule has 0 amide bonds. The van der Waals surface area contributed by atoms with Crippen LogP contribution in [0.2, 0.25) is 0 Å². The highest BCUT2D eigenvalue weighted by atomic mass is 32.2. The minimum atomic E-state index is 0.623. The van der Waals surface area contributed by atoms with Crippen molar-refractivity contribution in [2.24, 2.45) is 5.92 Å². The van der Waals surface area contributed by atoms with Crippen molar-refractivity contribution >= 4 is 27.2 Å². The third-order valence-corrected chi connectivity index (χ3v) is 3.91. The van der Waals surface area contributed by atoms with Crippen molar-refractivity contribution in [1.29, 1.82) is 0 Å². The normalized spacial score (nSPS) is 19.3. The standard InChI is InChI=1S/C7H12OS2/c1-9-7(10-8)6-4-2-3-5-6/h6H,2-5H2,1H3. The van der Waals surface area contributed by atoms with Crippen LogP contribution in [-0.2, 0) is 11.3 Å². The Morgan fingerprint density at radius 1 is 1.40 bits per heavy atom. The van der Waals surface area contributed by atoms with Gasteiger partial charge in [0.2, 0.25) is 0 Å². The number of hydrogen-bond acceptors (Lipinski definition) is 2. The van der Waals surface area contributed by atoms with Crippen molar-refractivity contribution in [2.45, 2.75) is 25.7 Å². The lowest BCUT2D eigenvalue weighted by Gasteiger charge is -2.05. The molecule has 0 spiro atoms. The first-order valence-corrected chi connectivity index (χ1v) is 5.55. The van der Waals surface area contributed by atoms with Crippen LogP contribution >= 0.6 is 11.8 Å². The van der Waals surface area contributed by atoms with Gasteiger partial charge >= 0.3 is 0 Å². The van der Waals surface area contributed by atoms with E-state index in [9.17, 15) is 4.21 Å². The van der Waals surface area contributed by atoms with Gasteiger partial charge in [0.1, 0.15) is 0 Å². The SMILES string of the molecule is CSC(=S=O)C1CCCC1. The molecular formula is C7H12OS2. The van der Waals surface area contributed by atoms with Crippen LogP contribution in [-0.4, -0.2) is 14.7 Å². The predicted molar refractivity (Wildman–Crippen MR) is 48.6 cm³/mol. The Morgan fingerprint density at radius 2 is 2.00 bits per heavy atom. The quantitative estimate of drug-likeness (QED) is 0.567. The summed E-state index contributed by atoms with van der Waals surface area (Å²) in [6.45, 7) is 0. The minimum Gasteiger partial charge on any atom is -0.212 e. The van der Waals surface area contributed by atoms with E-state index in [2.05, 4.69) is 0 Å². The second kappa shape index (κ2) is 4.19. The summed E-state index contributed by atoms with van der Waals surface area (Å²) in [5, 5.41) is 0. The maximum Gasteiger partial charge on any atom is 0.0993 e. The van der Waals surface area contributed by atoms with E-state index in [1.54, 1.807) is 11.8 Å². The molecule has 1 saturated carbocycles. The Morgan fingerprint density at radius 3 is 2.40 bits per heavy atom. The highest BCUT2D eigenvalue weighted by Crippen LogP contribution is 2.28. The summed E-state index contributed by atoms with van der Waals surface area (Å²) < 4.78 is 11.6. The van der Waals surface area contributed by atoms with Gasteiger partial charge in [-0.25, -0.2) is 4.21 Å². The van der Waals surface area contributed by atoms with Gasteiger partial charge in [-0.05, 0) is 19.1 Å². The molecule has 1 aliphatic carbocycles. The summed E-state index contributed by atoms with van der Waals surface area (Å²) in [7, 11) is 0. The highest BCUT2D eigenvalue weighted by Gasteiger charge is 2.19.